The molecule has 0 aromatic heterocycles. The summed E-state index contributed by atoms with van der Waals surface area (Å²) >= 11 is 5.80. The van der Waals surface area contributed by atoms with Crippen molar-refractivity contribution in [2.45, 2.75) is 32.2 Å². The zero-order chi connectivity index (χ0) is 15.2. The Bertz CT molecular complexity index is 488. The highest BCUT2D eigenvalue weighted by Gasteiger charge is 2.21. The summed E-state index contributed by atoms with van der Waals surface area (Å²) in [5, 5.41) is 11.9. The molecule has 6 heteroatoms. The van der Waals surface area contributed by atoms with Crippen molar-refractivity contribution < 1.29 is 19.4 Å². The van der Waals surface area contributed by atoms with Crippen LogP contribution in [0.15, 0.2) is 24.3 Å². The standard InChI is InChI=1S/C14H18ClNO4/c1-14(2,7-6-13(18)19)16-12(17)9-20-11-5-3-4-10(15)8-11/h3-5,8H,6-7,9H2,1-2H3,(H,16,17)(H,18,19). The smallest absolute Gasteiger partial charge is 0.303 e. The summed E-state index contributed by atoms with van der Waals surface area (Å²) in [5.41, 5.74) is -0.590. The van der Waals surface area contributed by atoms with Gasteiger partial charge in [0.2, 0.25) is 0 Å². The summed E-state index contributed by atoms with van der Waals surface area (Å²) in [7, 11) is 0. The summed E-state index contributed by atoms with van der Waals surface area (Å²) in [6.45, 7) is 3.40. The van der Waals surface area contributed by atoms with Crippen LogP contribution in [0.4, 0.5) is 0 Å². The predicted octanol–water partition coefficient (Wildman–Crippen LogP) is 2.48. The number of carboxylic acids is 1. The van der Waals surface area contributed by atoms with Crippen molar-refractivity contribution in [2.75, 3.05) is 6.61 Å². The Morgan fingerprint density at radius 3 is 2.70 bits per heavy atom. The highest BCUT2D eigenvalue weighted by molar-refractivity contribution is 6.30. The largest absolute Gasteiger partial charge is 0.484 e. The van der Waals surface area contributed by atoms with Crippen molar-refractivity contribution in [3.63, 3.8) is 0 Å². The van der Waals surface area contributed by atoms with Crippen LogP contribution in [0.5, 0.6) is 5.75 Å². The molecular weight excluding hydrogens is 282 g/mol. The minimum atomic E-state index is -0.887. The van der Waals surface area contributed by atoms with E-state index in [9.17, 15) is 9.59 Å². The zero-order valence-electron chi connectivity index (χ0n) is 11.5. The molecule has 0 aliphatic rings. The van der Waals surface area contributed by atoms with Crippen molar-refractivity contribution in [3.8, 4) is 5.75 Å². The average Bonchev–Trinajstić information content (AvgIpc) is 2.34. The first-order chi connectivity index (χ1) is 9.28. The van der Waals surface area contributed by atoms with E-state index in [2.05, 4.69) is 5.32 Å². The summed E-state index contributed by atoms with van der Waals surface area (Å²) < 4.78 is 5.31. The molecule has 1 aromatic rings. The van der Waals surface area contributed by atoms with Gasteiger partial charge in [-0.15, -0.1) is 0 Å². The van der Waals surface area contributed by atoms with Gasteiger partial charge in [0.15, 0.2) is 6.61 Å². The number of benzene rings is 1. The molecule has 1 amide bonds. The maximum Gasteiger partial charge on any atom is 0.303 e. The maximum atomic E-state index is 11.7. The molecule has 2 N–H and O–H groups in total. The van der Waals surface area contributed by atoms with Crippen LogP contribution in [0, 0.1) is 0 Å². The van der Waals surface area contributed by atoms with Gasteiger partial charge in [-0.25, -0.2) is 0 Å². The van der Waals surface area contributed by atoms with Gasteiger partial charge < -0.3 is 15.2 Å². The molecule has 0 fully saturated rings. The van der Waals surface area contributed by atoms with Crippen LogP contribution >= 0.6 is 11.6 Å². The molecule has 1 rings (SSSR count). The molecule has 20 heavy (non-hydrogen) atoms. The lowest BCUT2D eigenvalue weighted by Gasteiger charge is -2.25. The Balaban J connectivity index is 2.41. The lowest BCUT2D eigenvalue weighted by Crippen LogP contribution is -2.45. The Hall–Kier alpha value is -1.75. The lowest BCUT2D eigenvalue weighted by atomic mass is 9.98. The van der Waals surface area contributed by atoms with Gasteiger partial charge in [0.25, 0.3) is 5.91 Å². The third-order valence-electron chi connectivity index (χ3n) is 2.61. The fourth-order valence-electron chi connectivity index (χ4n) is 1.60. The predicted molar refractivity (Wildman–Crippen MR) is 76.0 cm³/mol. The van der Waals surface area contributed by atoms with E-state index in [1.807, 2.05) is 0 Å². The van der Waals surface area contributed by atoms with Crippen molar-refractivity contribution in [1.29, 1.82) is 0 Å². The lowest BCUT2D eigenvalue weighted by molar-refractivity contribution is -0.138. The molecule has 0 radical (unpaired) electrons. The molecule has 110 valence electrons. The molecule has 0 bridgehead atoms. The summed E-state index contributed by atoms with van der Waals surface area (Å²) in [6, 6.07) is 6.76. The SMILES string of the molecule is CC(C)(CCC(=O)O)NC(=O)COc1cccc(Cl)c1. The highest BCUT2D eigenvalue weighted by atomic mass is 35.5. The van der Waals surface area contributed by atoms with Crippen LogP contribution in [0.2, 0.25) is 5.02 Å². The van der Waals surface area contributed by atoms with E-state index in [0.717, 1.165) is 0 Å². The third-order valence-corrected chi connectivity index (χ3v) is 2.84. The molecule has 0 heterocycles. The number of nitrogens with one attached hydrogen (secondary N) is 1. The highest BCUT2D eigenvalue weighted by Crippen LogP contribution is 2.17. The maximum absolute atomic E-state index is 11.7. The van der Waals surface area contributed by atoms with Gasteiger partial charge in [0.1, 0.15) is 5.75 Å². The van der Waals surface area contributed by atoms with Crippen LogP contribution in [0.25, 0.3) is 0 Å². The summed E-state index contributed by atoms with van der Waals surface area (Å²) in [4.78, 5) is 22.3. The zero-order valence-corrected chi connectivity index (χ0v) is 12.2. The normalized spacial score (nSPS) is 10.9. The summed E-state index contributed by atoms with van der Waals surface area (Å²) in [5.74, 6) is -0.682. The molecular formula is C14H18ClNO4. The number of rotatable bonds is 7. The van der Waals surface area contributed by atoms with Gasteiger partial charge in [-0.2, -0.15) is 0 Å². The van der Waals surface area contributed by atoms with Crippen LogP contribution in [-0.4, -0.2) is 29.1 Å². The topological polar surface area (TPSA) is 75.6 Å². The van der Waals surface area contributed by atoms with Gasteiger partial charge in [0, 0.05) is 17.0 Å². The first-order valence-corrected chi connectivity index (χ1v) is 6.57. The molecule has 0 saturated carbocycles. The second-order valence-corrected chi connectivity index (χ2v) is 5.51. The molecule has 0 aliphatic heterocycles. The number of hydrogen-bond donors (Lipinski definition) is 2. The second kappa shape index (κ2) is 7.14. The molecule has 0 atom stereocenters. The van der Waals surface area contributed by atoms with Crippen LogP contribution in [0.1, 0.15) is 26.7 Å². The molecule has 5 nitrogen and oxygen atoms in total. The van der Waals surface area contributed by atoms with E-state index >= 15 is 0 Å². The number of carbonyl (C=O) groups excluding carboxylic acids is 1. The fraction of sp³-hybridized carbons (Fsp3) is 0.429. The fourth-order valence-corrected chi connectivity index (χ4v) is 1.78. The van der Waals surface area contributed by atoms with E-state index in [4.69, 9.17) is 21.4 Å². The van der Waals surface area contributed by atoms with E-state index in [-0.39, 0.29) is 18.9 Å². The van der Waals surface area contributed by atoms with Crippen molar-refractivity contribution >= 4 is 23.5 Å². The van der Waals surface area contributed by atoms with E-state index in [1.54, 1.807) is 38.1 Å². The van der Waals surface area contributed by atoms with E-state index < -0.39 is 11.5 Å². The number of halogens is 1. The third kappa shape index (κ3) is 6.43. The number of amides is 1. The molecule has 0 aliphatic carbocycles. The number of carboxylic acid groups (broad SMARTS) is 1. The van der Waals surface area contributed by atoms with Gasteiger partial charge in [-0.3, -0.25) is 9.59 Å². The Morgan fingerprint density at radius 1 is 1.40 bits per heavy atom. The Morgan fingerprint density at radius 2 is 2.10 bits per heavy atom. The van der Waals surface area contributed by atoms with E-state index in [1.165, 1.54) is 0 Å². The molecule has 1 aromatic carbocycles. The Kier molecular flexibility index (Phi) is 5.82. The van der Waals surface area contributed by atoms with Crippen molar-refractivity contribution in [3.05, 3.63) is 29.3 Å². The second-order valence-electron chi connectivity index (χ2n) is 5.07. The van der Waals surface area contributed by atoms with E-state index in [0.29, 0.717) is 17.2 Å². The molecule has 0 spiro atoms. The number of hydrogen-bond acceptors (Lipinski definition) is 3. The van der Waals surface area contributed by atoms with Crippen LogP contribution in [0.3, 0.4) is 0 Å². The average molecular weight is 300 g/mol. The van der Waals surface area contributed by atoms with Gasteiger partial charge in [0.05, 0.1) is 0 Å². The van der Waals surface area contributed by atoms with Gasteiger partial charge in [-0.05, 0) is 38.5 Å². The van der Waals surface area contributed by atoms with Crippen LogP contribution < -0.4 is 10.1 Å². The summed E-state index contributed by atoms with van der Waals surface area (Å²) in [6.07, 6.45) is 0.355. The number of carbonyl (C=O) groups is 2. The van der Waals surface area contributed by atoms with Gasteiger partial charge >= 0.3 is 5.97 Å². The quantitative estimate of drug-likeness (QED) is 0.811. The monoisotopic (exact) mass is 299 g/mol. The van der Waals surface area contributed by atoms with Gasteiger partial charge in [-0.1, -0.05) is 17.7 Å². The Labute approximate surface area is 122 Å². The molecule has 0 unspecified atom stereocenters. The minimum Gasteiger partial charge on any atom is -0.484 e. The minimum absolute atomic E-state index is 0.00241. The number of aliphatic carboxylic acids is 1. The number of ether oxygens (including phenoxy) is 1. The van der Waals surface area contributed by atoms with Crippen molar-refractivity contribution in [2.24, 2.45) is 0 Å². The first-order valence-electron chi connectivity index (χ1n) is 6.20. The first kappa shape index (κ1) is 16.3. The molecule has 0 saturated heterocycles. The van der Waals surface area contributed by atoms with Crippen LogP contribution in [-0.2, 0) is 9.59 Å². The van der Waals surface area contributed by atoms with Crippen molar-refractivity contribution in [1.82, 2.24) is 5.32 Å².